The van der Waals surface area contributed by atoms with E-state index in [1.165, 1.54) is 0 Å². The average molecular weight is 544 g/mol. The first-order valence-corrected chi connectivity index (χ1v) is 11.1. The fraction of sp³-hybridized carbons (Fsp3) is 0.0968. The minimum atomic E-state index is -0.0832. The SMILES string of the molecule is O=C(CC(CC(=O)c1ccccc1)[C]1[CH][CH][CH][CH]1)[C]1[CH][CH][CH][CH]1.[CH]1[CH][CH][CH][CH]1.[CH]1[CH][CH][CH][CH]1.[Fe+2].[Fe+2]. The molecule has 4 heteroatoms. The van der Waals surface area contributed by atoms with Gasteiger partial charge >= 0.3 is 34.1 Å². The molecule has 0 aromatic heterocycles. The summed E-state index contributed by atoms with van der Waals surface area (Å²) < 4.78 is 0. The molecule has 1 atom stereocenters. The van der Waals surface area contributed by atoms with Crippen molar-refractivity contribution in [2.24, 2.45) is 5.92 Å². The second kappa shape index (κ2) is 19.7. The largest absolute Gasteiger partial charge is 2.00 e. The van der Waals surface area contributed by atoms with Crippen LogP contribution in [0.25, 0.3) is 0 Å². The molecule has 0 saturated heterocycles. The molecule has 5 rings (SSSR count). The number of carbonyl (C=O) groups is 2. The maximum absolute atomic E-state index is 12.5. The molecule has 176 valence electrons. The van der Waals surface area contributed by atoms with E-state index in [4.69, 9.17) is 0 Å². The van der Waals surface area contributed by atoms with Crippen LogP contribution in [0.2, 0.25) is 0 Å². The maximum Gasteiger partial charge on any atom is 2.00 e. The van der Waals surface area contributed by atoms with Crippen LogP contribution < -0.4 is 0 Å². The summed E-state index contributed by atoms with van der Waals surface area (Å²) in [6.45, 7) is 0. The van der Waals surface area contributed by atoms with Crippen molar-refractivity contribution >= 4 is 11.6 Å². The van der Waals surface area contributed by atoms with Crippen LogP contribution in [0.5, 0.6) is 0 Å². The van der Waals surface area contributed by atoms with Gasteiger partial charge in [0.2, 0.25) is 0 Å². The Morgan fingerprint density at radius 2 is 0.914 bits per heavy atom. The van der Waals surface area contributed by atoms with Gasteiger partial charge in [-0.25, -0.2) is 0 Å². The summed E-state index contributed by atoms with van der Waals surface area (Å²) in [6.07, 6.45) is 35.9. The van der Waals surface area contributed by atoms with Gasteiger partial charge in [0.1, 0.15) is 5.78 Å². The normalized spacial score (nSPS) is 20.5. The van der Waals surface area contributed by atoms with Gasteiger partial charge in [-0.05, 0) is 127 Å². The van der Waals surface area contributed by atoms with Gasteiger partial charge in [0, 0.05) is 24.3 Å². The summed E-state index contributed by atoms with van der Waals surface area (Å²) in [7, 11) is 0. The predicted molar refractivity (Wildman–Crippen MR) is 132 cm³/mol. The zero-order valence-corrected chi connectivity index (χ0v) is 21.5. The third-order valence-corrected chi connectivity index (χ3v) is 5.21. The molecular weight excluding hydrogens is 516 g/mol. The molecule has 1 unspecified atom stereocenters. The Bertz CT molecular complexity index is 645. The van der Waals surface area contributed by atoms with E-state index in [1.807, 2.05) is 146 Å². The molecular formula is C31H28Fe2O2+4. The van der Waals surface area contributed by atoms with E-state index in [0.717, 1.165) is 5.92 Å². The van der Waals surface area contributed by atoms with E-state index in [-0.39, 0.29) is 51.6 Å². The van der Waals surface area contributed by atoms with Crippen molar-refractivity contribution in [2.45, 2.75) is 12.8 Å². The molecule has 0 bridgehead atoms. The van der Waals surface area contributed by atoms with Crippen molar-refractivity contribution in [1.29, 1.82) is 0 Å². The van der Waals surface area contributed by atoms with E-state index < -0.39 is 0 Å². The van der Waals surface area contributed by atoms with Gasteiger partial charge < -0.3 is 0 Å². The molecule has 0 spiro atoms. The first-order valence-electron chi connectivity index (χ1n) is 11.1. The third-order valence-electron chi connectivity index (χ3n) is 5.21. The number of ketones is 2. The van der Waals surface area contributed by atoms with Crippen molar-refractivity contribution in [1.82, 2.24) is 0 Å². The molecule has 4 aliphatic rings. The Balaban J connectivity index is 0.000000423. The van der Waals surface area contributed by atoms with Crippen molar-refractivity contribution in [3.05, 3.63) is 163 Å². The van der Waals surface area contributed by atoms with Crippen molar-refractivity contribution < 1.29 is 43.7 Å². The standard InChI is InChI=1S/C21H18O2.2C5H5.2Fe/c22-20(17-10-2-1-3-11-17)14-19(16-8-4-5-9-16)15-21(23)18-12-6-7-13-18;2*1-2-4-5-3-1;;/h1-13,19H,14-15H2;2*1-5H;;/q;;;2*+2. The van der Waals surface area contributed by atoms with Gasteiger partial charge in [0.25, 0.3) is 0 Å². The van der Waals surface area contributed by atoms with Gasteiger partial charge in [0.15, 0.2) is 5.78 Å². The first-order chi connectivity index (χ1) is 16.2. The topological polar surface area (TPSA) is 34.1 Å². The number of benzene rings is 1. The molecule has 4 fully saturated rings. The van der Waals surface area contributed by atoms with Crippen molar-refractivity contribution in [3.8, 4) is 0 Å². The first kappa shape index (κ1) is 32.6. The summed E-state index contributed by atoms with van der Waals surface area (Å²) in [4.78, 5) is 24.9. The van der Waals surface area contributed by atoms with Gasteiger partial charge in [-0.15, -0.1) is 0 Å². The minimum absolute atomic E-state index is 0. The monoisotopic (exact) mass is 544 g/mol. The van der Waals surface area contributed by atoms with Crippen LogP contribution in [-0.4, -0.2) is 11.6 Å². The van der Waals surface area contributed by atoms with E-state index in [2.05, 4.69) is 0 Å². The maximum atomic E-state index is 12.5. The van der Waals surface area contributed by atoms with E-state index in [9.17, 15) is 9.59 Å². The molecule has 4 aliphatic carbocycles. The van der Waals surface area contributed by atoms with Gasteiger partial charge in [-0.1, -0.05) is 30.3 Å². The Labute approximate surface area is 236 Å². The molecule has 2 nitrogen and oxygen atoms in total. The van der Waals surface area contributed by atoms with Gasteiger partial charge in [-0.3, -0.25) is 9.59 Å². The van der Waals surface area contributed by atoms with Crippen LogP contribution in [0.15, 0.2) is 30.3 Å². The van der Waals surface area contributed by atoms with Crippen LogP contribution in [0, 0.1) is 133 Å². The molecule has 0 heterocycles. The molecule has 0 N–H and O–H groups in total. The number of carbonyl (C=O) groups excluding carboxylic acids is 2. The number of rotatable bonds is 7. The van der Waals surface area contributed by atoms with Crippen molar-refractivity contribution in [2.75, 3.05) is 0 Å². The van der Waals surface area contributed by atoms with Crippen molar-refractivity contribution in [3.63, 3.8) is 0 Å². The quantitative estimate of drug-likeness (QED) is 0.327. The average Bonchev–Trinajstić information content (AvgIpc) is 3.69. The Morgan fingerprint density at radius 3 is 1.37 bits per heavy atom. The predicted octanol–water partition coefficient (Wildman–Crippen LogP) is 5.68. The summed E-state index contributed by atoms with van der Waals surface area (Å²) in [5, 5.41) is 0. The molecule has 20 radical (unpaired) electrons. The summed E-state index contributed by atoms with van der Waals surface area (Å²) in [5.41, 5.74) is 0.699. The second-order valence-electron chi connectivity index (χ2n) is 7.63. The molecule has 35 heavy (non-hydrogen) atoms. The summed E-state index contributed by atoms with van der Waals surface area (Å²) in [6, 6.07) is 9.26. The second-order valence-corrected chi connectivity index (χ2v) is 7.63. The van der Waals surface area contributed by atoms with E-state index in [0.29, 0.717) is 24.3 Å². The van der Waals surface area contributed by atoms with E-state index in [1.54, 1.807) is 0 Å². The van der Waals surface area contributed by atoms with Crippen LogP contribution in [-0.2, 0) is 38.9 Å². The van der Waals surface area contributed by atoms with Gasteiger partial charge in [-0.2, -0.15) is 0 Å². The Morgan fingerprint density at radius 1 is 0.514 bits per heavy atom. The van der Waals surface area contributed by atoms with Crippen LogP contribution in [0.1, 0.15) is 23.2 Å². The molecule has 1 aromatic carbocycles. The van der Waals surface area contributed by atoms with Gasteiger partial charge in [0.05, 0.1) is 0 Å². The van der Waals surface area contributed by atoms with Crippen LogP contribution >= 0.6 is 0 Å². The number of Topliss-reactive ketones (excluding diaryl/α,β-unsaturated/α-hetero) is 2. The number of hydrogen-bond donors (Lipinski definition) is 0. The zero-order chi connectivity index (χ0) is 23.1. The molecule has 0 aliphatic heterocycles. The van der Waals surface area contributed by atoms with Crippen LogP contribution in [0.3, 0.4) is 0 Å². The fourth-order valence-electron chi connectivity index (χ4n) is 3.48. The third kappa shape index (κ3) is 12.6. The Kier molecular flexibility index (Phi) is 18.3. The minimum Gasteiger partial charge on any atom is -0.299 e. The molecule has 1 aromatic rings. The van der Waals surface area contributed by atoms with E-state index >= 15 is 0 Å². The Hall–Kier alpha value is -0.401. The molecule has 4 saturated carbocycles. The number of hydrogen-bond acceptors (Lipinski definition) is 2. The van der Waals surface area contributed by atoms with Crippen LogP contribution in [0.4, 0.5) is 0 Å². The smallest absolute Gasteiger partial charge is 0.299 e. The molecule has 0 amide bonds. The zero-order valence-electron chi connectivity index (χ0n) is 19.3. The summed E-state index contributed by atoms with van der Waals surface area (Å²) >= 11 is 0. The fourth-order valence-corrected chi connectivity index (χ4v) is 3.48. The summed E-state index contributed by atoms with van der Waals surface area (Å²) in [5.74, 6) is 1.84.